The first-order valence-corrected chi connectivity index (χ1v) is 12.7. The highest BCUT2D eigenvalue weighted by atomic mass is 28.4. The van der Waals surface area contributed by atoms with Crippen molar-refractivity contribution in [3.8, 4) is 0 Å². The summed E-state index contributed by atoms with van der Waals surface area (Å²) in [6.07, 6.45) is 13.3. The lowest BCUT2D eigenvalue weighted by Crippen LogP contribution is -2.41. The summed E-state index contributed by atoms with van der Waals surface area (Å²) >= 11 is 0. The smallest absolute Gasteiger partial charge is 0.191 e. The maximum Gasteiger partial charge on any atom is 0.191 e. The third-order valence-electron chi connectivity index (χ3n) is 5.47. The fraction of sp³-hybridized carbons (Fsp3) is 0.682. The lowest BCUT2D eigenvalue weighted by Gasteiger charge is -2.36. The molecule has 0 saturated carbocycles. The lowest BCUT2D eigenvalue weighted by atomic mass is 10.00. The number of carbonyl (C=O) groups is 1. The van der Waals surface area contributed by atoms with Crippen LogP contribution >= 0.6 is 0 Å². The highest BCUT2D eigenvalue weighted by Crippen LogP contribution is 2.37. The zero-order chi connectivity index (χ0) is 19.1. The van der Waals surface area contributed by atoms with Gasteiger partial charge in [-0.15, -0.1) is 0 Å². The van der Waals surface area contributed by atoms with Crippen LogP contribution in [0.4, 0.5) is 0 Å². The predicted molar refractivity (Wildman–Crippen MR) is 111 cm³/mol. The van der Waals surface area contributed by atoms with Crippen molar-refractivity contribution in [3.05, 3.63) is 35.5 Å². The second-order valence-corrected chi connectivity index (χ2v) is 13.7. The molecule has 0 amide bonds. The molecule has 0 unspecified atom stereocenters. The Kier molecular flexibility index (Phi) is 8.56. The third kappa shape index (κ3) is 7.45. The molecule has 142 valence electrons. The molecule has 25 heavy (non-hydrogen) atoms. The fourth-order valence-electron chi connectivity index (χ4n) is 2.58. The Morgan fingerprint density at radius 3 is 2.52 bits per heavy atom. The monoisotopic (exact) mass is 362 g/mol. The van der Waals surface area contributed by atoms with Crippen LogP contribution in [0, 0.1) is 5.92 Å². The first-order valence-electron chi connectivity index (χ1n) is 9.78. The third-order valence-corrected chi connectivity index (χ3v) is 10.0. The number of carbonyl (C=O) groups excluding carboxylic acids is 1. The molecule has 1 atom stereocenters. The standard InChI is InChI=1S/C22H38O2Si/c1-8-9-10-11-18(2)12-13-20-16-19(17-21(20)23)14-15-24-25(6,7)22(3,4)5/h9-10,13,17-18H,8,11-12,14-16H2,1-7H3/b10-9-,20-13+/t18-/m0/s1. The molecule has 1 rings (SSSR count). The molecule has 0 radical (unpaired) electrons. The van der Waals surface area contributed by atoms with Crippen LogP contribution in [0.2, 0.25) is 18.1 Å². The van der Waals surface area contributed by atoms with E-state index in [1.165, 1.54) is 5.57 Å². The van der Waals surface area contributed by atoms with Crippen molar-refractivity contribution in [2.75, 3.05) is 6.61 Å². The van der Waals surface area contributed by atoms with Gasteiger partial charge in [0.25, 0.3) is 0 Å². The summed E-state index contributed by atoms with van der Waals surface area (Å²) in [5.41, 5.74) is 2.21. The molecule has 1 aliphatic carbocycles. The topological polar surface area (TPSA) is 26.3 Å². The highest BCUT2D eigenvalue weighted by molar-refractivity contribution is 6.74. The molecular weight excluding hydrogens is 324 g/mol. The van der Waals surface area contributed by atoms with Crippen molar-refractivity contribution in [2.24, 2.45) is 5.92 Å². The van der Waals surface area contributed by atoms with Gasteiger partial charge in [0.15, 0.2) is 14.1 Å². The molecule has 0 aromatic heterocycles. The number of hydrogen-bond donors (Lipinski definition) is 0. The van der Waals surface area contributed by atoms with Crippen molar-refractivity contribution < 1.29 is 9.22 Å². The second-order valence-electron chi connectivity index (χ2n) is 8.89. The highest BCUT2D eigenvalue weighted by Gasteiger charge is 2.37. The van der Waals surface area contributed by atoms with Crippen LogP contribution < -0.4 is 0 Å². The summed E-state index contributed by atoms with van der Waals surface area (Å²) < 4.78 is 6.24. The first-order chi connectivity index (χ1) is 11.6. The summed E-state index contributed by atoms with van der Waals surface area (Å²) in [6, 6.07) is 0. The number of ketones is 1. The zero-order valence-corrected chi connectivity index (χ0v) is 18.4. The van der Waals surface area contributed by atoms with Gasteiger partial charge in [0.2, 0.25) is 0 Å². The summed E-state index contributed by atoms with van der Waals surface area (Å²) in [6.45, 7) is 16.5. The molecular formula is C22H38O2Si. The van der Waals surface area contributed by atoms with Crippen LogP contribution in [0.1, 0.15) is 66.7 Å². The van der Waals surface area contributed by atoms with Crippen LogP contribution in [0.15, 0.2) is 35.5 Å². The van der Waals surface area contributed by atoms with Gasteiger partial charge < -0.3 is 4.43 Å². The molecule has 0 spiro atoms. The second kappa shape index (κ2) is 9.68. The van der Waals surface area contributed by atoms with Crippen molar-refractivity contribution in [2.45, 2.75) is 84.9 Å². The number of hydrogen-bond acceptors (Lipinski definition) is 2. The predicted octanol–water partition coefficient (Wildman–Crippen LogP) is 6.61. The van der Waals surface area contributed by atoms with Gasteiger partial charge in [-0.1, -0.05) is 58.4 Å². The molecule has 3 heteroatoms. The molecule has 2 nitrogen and oxygen atoms in total. The van der Waals surface area contributed by atoms with Gasteiger partial charge in [0, 0.05) is 6.61 Å². The SMILES string of the molecule is CC/C=C\C[C@H](C)C/C=C1\CC(CCO[Si](C)(C)C(C)(C)C)=CC1=O. The summed E-state index contributed by atoms with van der Waals surface area (Å²) in [5, 5.41) is 0.236. The van der Waals surface area contributed by atoms with E-state index in [4.69, 9.17) is 4.43 Å². The van der Waals surface area contributed by atoms with Gasteiger partial charge in [-0.2, -0.15) is 0 Å². The maximum atomic E-state index is 12.2. The van der Waals surface area contributed by atoms with Crippen LogP contribution in [0.5, 0.6) is 0 Å². The average molecular weight is 363 g/mol. The molecule has 0 heterocycles. The number of rotatable bonds is 9. The fourth-order valence-corrected chi connectivity index (χ4v) is 3.63. The van der Waals surface area contributed by atoms with E-state index in [0.29, 0.717) is 5.92 Å². The van der Waals surface area contributed by atoms with E-state index in [-0.39, 0.29) is 10.8 Å². The first kappa shape index (κ1) is 22.1. The van der Waals surface area contributed by atoms with Crippen molar-refractivity contribution >= 4 is 14.1 Å². The van der Waals surface area contributed by atoms with Gasteiger partial charge in [-0.3, -0.25) is 4.79 Å². The van der Waals surface area contributed by atoms with Gasteiger partial charge >= 0.3 is 0 Å². The van der Waals surface area contributed by atoms with Gasteiger partial charge in [-0.25, -0.2) is 0 Å². The largest absolute Gasteiger partial charge is 0.417 e. The van der Waals surface area contributed by atoms with Crippen LogP contribution in [-0.2, 0) is 9.22 Å². The quantitative estimate of drug-likeness (QED) is 0.262. The number of allylic oxidation sites excluding steroid dienone is 5. The Morgan fingerprint density at radius 2 is 1.92 bits per heavy atom. The van der Waals surface area contributed by atoms with Crippen LogP contribution in [-0.4, -0.2) is 20.7 Å². The minimum absolute atomic E-state index is 0.207. The molecule has 0 fully saturated rings. The van der Waals surface area contributed by atoms with Gasteiger partial charge in [-0.05, 0) is 67.8 Å². The van der Waals surface area contributed by atoms with Gasteiger partial charge in [0.1, 0.15) is 0 Å². The van der Waals surface area contributed by atoms with E-state index < -0.39 is 8.32 Å². The summed E-state index contributed by atoms with van der Waals surface area (Å²) in [4.78, 5) is 12.2. The Labute approximate surface area is 156 Å². The molecule has 0 aromatic rings. The molecule has 1 aliphatic rings. The van der Waals surface area contributed by atoms with E-state index in [9.17, 15) is 4.79 Å². The van der Waals surface area contributed by atoms with Crippen molar-refractivity contribution in [1.82, 2.24) is 0 Å². The lowest BCUT2D eigenvalue weighted by molar-refractivity contribution is -0.111. The Bertz CT molecular complexity index is 533. The molecule has 0 aliphatic heterocycles. The van der Waals surface area contributed by atoms with E-state index in [1.54, 1.807) is 0 Å². The molecule has 0 saturated heterocycles. The Morgan fingerprint density at radius 1 is 1.24 bits per heavy atom. The zero-order valence-electron chi connectivity index (χ0n) is 17.4. The van der Waals surface area contributed by atoms with Crippen LogP contribution in [0.3, 0.4) is 0 Å². The minimum atomic E-state index is -1.69. The van der Waals surface area contributed by atoms with E-state index >= 15 is 0 Å². The summed E-state index contributed by atoms with van der Waals surface area (Å²) in [5.74, 6) is 0.799. The van der Waals surface area contributed by atoms with E-state index in [2.05, 4.69) is 65.9 Å². The normalized spacial score (nSPS) is 19.1. The van der Waals surface area contributed by atoms with Crippen molar-refractivity contribution in [3.63, 3.8) is 0 Å². The van der Waals surface area contributed by atoms with E-state index in [0.717, 1.165) is 44.3 Å². The molecule has 0 aromatic carbocycles. The average Bonchev–Trinajstić information content (AvgIpc) is 2.84. The molecule has 0 bridgehead atoms. The Balaban J connectivity index is 2.44. The summed E-state index contributed by atoms with van der Waals surface area (Å²) in [7, 11) is -1.69. The Hall–Kier alpha value is -0.933. The maximum absolute atomic E-state index is 12.2. The van der Waals surface area contributed by atoms with E-state index in [1.807, 2.05) is 6.08 Å². The molecule has 0 N–H and O–H groups in total. The van der Waals surface area contributed by atoms with Crippen molar-refractivity contribution in [1.29, 1.82) is 0 Å². The van der Waals surface area contributed by atoms with Crippen LogP contribution in [0.25, 0.3) is 0 Å². The van der Waals surface area contributed by atoms with Gasteiger partial charge in [0.05, 0.1) is 0 Å². The minimum Gasteiger partial charge on any atom is -0.417 e.